The quantitative estimate of drug-likeness (QED) is 0.455. The van der Waals surface area contributed by atoms with E-state index in [1.165, 1.54) is 10.9 Å². The van der Waals surface area contributed by atoms with Crippen LogP contribution in [0.25, 0.3) is 11.0 Å². The van der Waals surface area contributed by atoms with Gasteiger partial charge in [-0.25, -0.2) is 4.99 Å². The van der Waals surface area contributed by atoms with Crippen LogP contribution < -0.4 is 10.6 Å². The summed E-state index contributed by atoms with van der Waals surface area (Å²) >= 11 is 0. The molecule has 116 valence electrons. The van der Waals surface area contributed by atoms with Gasteiger partial charge in [0.25, 0.3) is 0 Å². The highest BCUT2D eigenvalue weighted by molar-refractivity contribution is 14.0. The standard InChI is InChI=1S/C16H23N3O.HI/c1-4-10-18-16(17-5-2)19-11-15-12(3)13-8-6-7-9-14(13)20-15;/h6-9H,4-5,10-11H2,1-3H3,(H2,17,18,19);1H. The molecule has 5 heteroatoms. The fraction of sp³-hybridized carbons (Fsp3) is 0.438. The molecule has 0 aliphatic carbocycles. The molecule has 0 fully saturated rings. The Hall–Kier alpha value is -1.24. The van der Waals surface area contributed by atoms with Gasteiger partial charge in [-0.15, -0.1) is 24.0 Å². The number of hydrogen-bond donors (Lipinski definition) is 2. The summed E-state index contributed by atoms with van der Waals surface area (Å²) in [5, 5.41) is 7.70. The highest BCUT2D eigenvalue weighted by atomic mass is 127. The van der Waals surface area contributed by atoms with Crippen LogP contribution in [0.3, 0.4) is 0 Å². The summed E-state index contributed by atoms with van der Waals surface area (Å²) in [5.74, 6) is 1.77. The number of aryl methyl sites for hydroxylation is 1. The van der Waals surface area contributed by atoms with E-state index in [-0.39, 0.29) is 24.0 Å². The summed E-state index contributed by atoms with van der Waals surface area (Å²) < 4.78 is 5.87. The minimum absolute atomic E-state index is 0. The van der Waals surface area contributed by atoms with Crippen LogP contribution in [0, 0.1) is 6.92 Å². The van der Waals surface area contributed by atoms with Gasteiger partial charge in [-0.1, -0.05) is 25.1 Å². The molecular formula is C16H24IN3O. The Morgan fingerprint density at radius 1 is 1.19 bits per heavy atom. The Morgan fingerprint density at radius 2 is 1.95 bits per heavy atom. The molecule has 0 bridgehead atoms. The highest BCUT2D eigenvalue weighted by Gasteiger charge is 2.09. The second kappa shape index (κ2) is 8.92. The number of hydrogen-bond acceptors (Lipinski definition) is 2. The fourth-order valence-electron chi connectivity index (χ4n) is 2.11. The Morgan fingerprint density at radius 3 is 2.62 bits per heavy atom. The molecule has 21 heavy (non-hydrogen) atoms. The molecule has 4 nitrogen and oxygen atoms in total. The average Bonchev–Trinajstić information content (AvgIpc) is 2.79. The maximum absolute atomic E-state index is 5.87. The lowest BCUT2D eigenvalue weighted by atomic mass is 10.1. The van der Waals surface area contributed by atoms with Gasteiger partial charge in [-0.3, -0.25) is 0 Å². The van der Waals surface area contributed by atoms with E-state index in [4.69, 9.17) is 4.42 Å². The number of nitrogens with one attached hydrogen (secondary N) is 2. The number of rotatable bonds is 5. The molecule has 0 aliphatic rings. The van der Waals surface area contributed by atoms with Crippen LogP contribution >= 0.6 is 24.0 Å². The molecule has 0 aliphatic heterocycles. The SMILES string of the molecule is CCCNC(=NCc1oc2ccccc2c1C)NCC.I. The first-order valence-corrected chi connectivity index (χ1v) is 7.25. The van der Waals surface area contributed by atoms with E-state index < -0.39 is 0 Å². The second-order valence-electron chi connectivity index (χ2n) is 4.77. The van der Waals surface area contributed by atoms with Gasteiger partial charge in [0.05, 0.1) is 0 Å². The zero-order chi connectivity index (χ0) is 14.4. The van der Waals surface area contributed by atoms with Crippen molar-refractivity contribution in [2.75, 3.05) is 13.1 Å². The van der Waals surface area contributed by atoms with Gasteiger partial charge in [0.1, 0.15) is 17.9 Å². The van der Waals surface area contributed by atoms with Crippen LogP contribution in [0.4, 0.5) is 0 Å². The molecule has 2 N–H and O–H groups in total. The maximum atomic E-state index is 5.87. The summed E-state index contributed by atoms with van der Waals surface area (Å²) in [5.41, 5.74) is 2.11. The van der Waals surface area contributed by atoms with Crippen molar-refractivity contribution in [2.45, 2.75) is 33.7 Å². The minimum Gasteiger partial charge on any atom is -0.459 e. The van der Waals surface area contributed by atoms with Crippen LogP contribution in [0.5, 0.6) is 0 Å². The van der Waals surface area contributed by atoms with Crippen molar-refractivity contribution >= 4 is 40.9 Å². The van der Waals surface area contributed by atoms with Crippen LogP contribution in [0.2, 0.25) is 0 Å². The third-order valence-corrected chi connectivity index (χ3v) is 3.21. The van der Waals surface area contributed by atoms with E-state index in [9.17, 15) is 0 Å². The average molecular weight is 401 g/mol. The van der Waals surface area contributed by atoms with Gasteiger partial charge in [0, 0.05) is 24.0 Å². The molecule has 2 aromatic rings. The van der Waals surface area contributed by atoms with E-state index in [0.29, 0.717) is 6.54 Å². The van der Waals surface area contributed by atoms with Crippen molar-refractivity contribution in [2.24, 2.45) is 4.99 Å². The molecule has 1 aromatic heterocycles. The van der Waals surface area contributed by atoms with Crippen molar-refractivity contribution < 1.29 is 4.42 Å². The van der Waals surface area contributed by atoms with Gasteiger partial charge in [0.2, 0.25) is 0 Å². The largest absolute Gasteiger partial charge is 0.459 e. The number of halogens is 1. The van der Waals surface area contributed by atoms with Crippen LogP contribution in [-0.2, 0) is 6.54 Å². The molecule has 0 spiro atoms. The second-order valence-corrected chi connectivity index (χ2v) is 4.77. The number of fused-ring (bicyclic) bond motifs is 1. The highest BCUT2D eigenvalue weighted by Crippen LogP contribution is 2.25. The van der Waals surface area contributed by atoms with Gasteiger partial charge in [-0.05, 0) is 26.3 Å². The van der Waals surface area contributed by atoms with Crippen molar-refractivity contribution in [1.29, 1.82) is 0 Å². The van der Waals surface area contributed by atoms with Gasteiger partial charge < -0.3 is 15.1 Å². The van der Waals surface area contributed by atoms with E-state index in [1.807, 2.05) is 18.2 Å². The smallest absolute Gasteiger partial charge is 0.191 e. The predicted molar refractivity (Wildman–Crippen MR) is 99.5 cm³/mol. The van der Waals surface area contributed by atoms with Crippen molar-refractivity contribution in [3.8, 4) is 0 Å². The van der Waals surface area contributed by atoms with Crippen molar-refractivity contribution in [1.82, 2.24) is 10.6 Å². The number of benzene rings is 1. The number of guanidine groups is 1. The molecule has 0 saturated heterocycles. The molecule has 1 heterocycles. The monoisotopic (exact) mass is 401 g/mol. The third-order valence-electron chi connectivity index (χ3n) is 3.21. The first kappa shape index (κ1) is 17.8. The Bertz CT molecular complexity index is 592. The Labute approximate surface area is 143 Å². The number of aliphatic imine (C=N–C) groups is 1. The Kier molecular flexibility index (Phi) is 7.56. The van der Waals surface area contributed by atoms with E-state index in [0.717, 1.165) is 36.8 Å². The lowest BCUT2D eigenvalue weighted by Gasteiger charge is -2.09. The first-order valence-electron chi connectivity index (χ1n) is 7.25. The zero-order valence-corrected chi connectivity index (χ0v) is 15.2. The molecular weight excluding hydrogens is 377 g/mol. The maximum Gasteiger partial charge on any atom is 0.191 e. The molecule has 0 atom stereocenters. The summed E-state index contributed by atoms with van der Waals surface area (Å²) in [4.78, 5) is 4.58. The Balaban J connectivity index is 0.00000220. The summed E-state index contributed by atoms with van der Waals surface area (Å²) in [6.07, 6.45) is 1.08. The zero-order valence-electron chi connectivity index (χ0n) is 12.9. The van der Waals surface area contributed by atoms with Crippen LogP contribution in [0.1, 0.15) is 31.6 Å². The third kappa shape index (κ3) is 4.62. The minimum atomic E-state index is 0. The summed E-state index contributed by atoms with van der Waals surface area (Å²) in [7, 11) is 0. The lowest BCUT2D eigenvalue weighted by molar-refractivity contribution is 0.548. The van der Waals surface area contributed by atoms with Crippen LogP contribution in [0.15, 0.2) is 33.7 Å². The molecule has 0 saturated carbocycles. The van der Waals surface area contributed by atoms with E-state index in [2.05, 4.69) is 42.5 Å². The number of para-hydroxylation sites is 1. The summed E-state index contributed by atoms with van der Waals surface area (Å²) in [6, 6.07) is 8.11. The summed E-state index contributed by atoms with van der Waals surface area (Å²) in [6.45, 7) is 8.62. The van der Waals surface area contributed by atoms with Gasteiger partial charge in [0.15, 0.2) is 5.96 Å². The van der Waals surface area contributed by atoms with Gasteiger partial charge in [-0.2, -0.15) is 0 Å². The molecule has 0 radical (unpaired) electrons. The first-order chi connectivity index (χ1) is 9.76. The molecule has 2 rings (SSSR count). The fourth-order valence-corrected chi connectivity index (χ4v) is 2.11. The van der Waals surface area contributed by atoms with Gasteiger partial charge >= 0.3 is 0 Å². The molecule has 0 amide bonds. The molecule has 1 aromatic carbocycles. The predicted octanol–water partition coefficient (Wildman–Crippen LogP) is 3.82. The normalized spacial score (nSPS) is 11.3. The number of furan rings is 1. The topological polar surface area (TPSA) is 49.6 Å². The van der Waals surface area contributed by atoms with Crippen LogP contribution in [-0.4, -0.2) is 19.0 Å². The van der Waals surface area contributed by atoms with E-state index >= 15 is 0 Å². The van der Waals surface area contributed by atoms with Crippen molar-refractivity contribution in [3.63, 3.8) is 0 Å². The molecule has 0 unspecified atom stereocenters. The van der Waals surface area contributed by atoms with Crippen molar-refractivity contribution in [3.05, 3.63) is 35.6 Å². The lowest BCUT2D eigenvalue weighted by Crippen LogP contribution is -2.37. The van der Waals surface area contributed by atoms with E-state index in [1.54, 1.807) is 0 Å². The number of nitrogens with zero attached hydrogens (tertiary/aromatic N) is 1.